The van der Waals surface area contributed by atoms with Crippen molar-refractivity contribution in [1.82, 2.24) is 5.43 Å². The van der Waals surface area contributed by atoms with Gasteiger partial charge in [-0.15, -0.1) is 0 Å². The van der Waals surface area contributed by atoms with E-state index in [-0.39, 0.29) is 31.2 Å². The van der Waals surface area contributed by atoms with Crippen molar-refractivity contribution in [2.75, 3.05) is 13.2 Å². The van der Waals surface area contributed by atoms with Crippen molar-refractivity contribution in [3.63, 3.8) is 0 Å². The van der Waals surface area contributed by atoms with E-state index in [2.05, 4.69) is 10.5 Å². The fraction of sp³-hybridized carbons (Fsp3) is 0.286. The highest BCUT2D eigenvalue weighted by Crippen LogP contribution is 2.29. The summed E-state index contributed by atoms with van der Waals surface area (Å²) in [5.74, 6) is 1.22. The number of aliphatic hydroxyl groups excluding tert-OH is 1. The molecule has 0 aliphatic rings. The van der Waals surface area contributed by atoms with E-state index in [4.69, 9.17) is 14.2 Å². The second-order valence-corrected chi connectivity index (χ2v) is 7.90. The summed E-state index contributed by atoms with van der Waals surface area (Å²) in [4.78, 5) is 12.1. The first kappa shape index (κ1) is 26.7. The van der Waals surface area contributed by atoms with E-state index in [1.807, 2.05) is 13.8 Å². The number of carbonyl (C=O) groups excluding carboxylic acids is 1. The Morgan fingerprint density at radius 3 is 2.39 bits per heavy atom. The van der Waals surface area contributed by atoms with E-state index in [9.17, 15) is 14.3 Å². The van der Waals surface area contributed by atoms with Crippen LogP contribution in [-0.2, 0) is 11.4 Å². The lowest BCUT2D eigenvalue weighted by atomic mass is 10.0. The van der Waals surface area contributed by atoms with Crippen molar-refractivity contribution in [1.29, 1.82) is 0 Å². The Kier molecular flexibility index (Phi) is 10.3. The molecule has 0 saturated carbocycles. The summed E-state index contributed by atoms with van der Waals surface area (Å²) in [6.45, 7) is 5.06. The van der Waals surface area contributed by atoms with Gasteiger partial charge in [0.15, 0.2) is 11.5 Å². The quantitative estimate of drug-likeness (QED) is 0.253. The van der Waals surface area contributed by atoms with Gasteiger partial charge in [-0.1, -0.05) is 24.3 Å². The highest BCUT2D eigenvalue weighted by atomic mass is 19.1. The van der Waals surface area contributed by atoms with Gasteiger partial charge in [0.2, 0.25) is 5.91 Å². The minimum atomic E-state index is -0.758. The molecular weight excluding hydrogens is 463 g/mol. The molecule has 1 atom stereocenters. The smallest absolute Gasteiger partial charge is 0.240 e. The minimum Gasteiger partial charge on any atom is -0.494 e. The number of rotatable bonds is 13. The van der Waals surface area contributed by atoms with Gasteiger partial charge in [0.05, 0.1) is 25.5 Å². The Hall–Kier alpha value is -3.91. The maximum absolute atomic E-state index is 13.1. The SMILES string of the molecule is CCOc1ccc([C@@H](O)CCC(=O)N/N=C\c2ccc(OCc3ccc(F)cc3)c(OCC)c2)cc1. The van der Waals surface area contributed by atoms with Gasteiger partial charge in [-0.3, -0.25) is 4.79 Å². The topological polar surface area (TPSA) is 89.4 Å². The third-order valence-electron chi connectivity index (χ3n) is 5.20. The maximum Gasteiger partial charge on any atom is 0.240 e. The van der Waals surface area contributed by atoms with E-state index in [0.29, 0.717) is 30.3 Å². The van der Waals surface area contributed by atoms with E-state index in [1.54, 1.807) is 54.6 Å². The Balaban J connectivity index is 1.49. The first-order chi connectivity index (χ1) is 17.5. The highest BCUT2D eigenvalue weighted by molar-refractivity contribution is 5.83. The van der Waals surface area contributed by atoms with Gasteiger partial charge in [0, 0.05) is 6.42 Å². The fourth-order valence-electron chi connectivity index (χ4n) is 3.36. The van der Waals surface area contributed by atoms with E-state index in [1.165, 1.54) is 18.3 Å². The molecule has 2 N–H and O–H groups in total. The number of hydrogen-bond acceptors (Lipinski definition) is 6. The van der Waals surface area contributed by atoms with Gasteiger partial charge in [-0.25, -0.2) is 9.82 Å². The molecule has 3 rings (SSSR count). The molecule has 0 spiro atoms. The number of hydrogen-bond donors (Lipinski definition) is 2. The molecule has 0 fully saturated rings. The molecular formula is C28H31FN2O5. The lowest BCUT2D eigenvalue weighted by Gasteiger charge is -2.13. The summed E-state index contributed by atoms with van der Waals surface area (Å²) < 4.78 is 30.0. The number of hydrazone groups is 1. The number of amides is 1. The molecule has 0 bridgehead atoms. The van der Waals surface area contributed by atoms with Gasteiger partial charge in [0.1, 0.15) is 18.2 Å². The maximum atomic E-state index is 13.1. The molecule has 0 radical (unpaired) electrons. The monoisotopic (exact) mass is 494 g/mol. The van der Waals surface area contributed by atoms with Crippen molar-refractivity contribution in [3.8, 4) is 17.2 Å². The predicted molar refractivity (Wildman–Crippen MR) is 136 cm³/mol. The standard InChI is InChI=1S/C28H31FN2O5/c1-3-34-24-12-8-22(9-13-24)25(32)14-16-28(33)31-30-18-21-7-15-26(27(17-21)35-4-2)36-19-20-5-10-23(29)11-6-20/h5-13,15,17-18,25,32H,3-4,14,16,19H2,1-2H3,(H,31,33)/b30-18-/t25-/m0/s1. The van der Waals surface area contributed by atoms with Crippen LogP contribution in [0.15, 0.2) is 71.8 Å². The average Bonchev–Trinajstić information content (AvgIpc) is 2.88. The predicted octanol–water partition coefficient (Wildman–Crippen LogP) is 5.17. The first-order valence-corrected chi connectivity index (χ1v) is 11.8. The molecule has 7 nitrogen and oxygen atoms in total. The molecule has 0 saturated heterocycles. The van der Waals surface area contributed by atoms with Gasteiger partial charge >= 0.3 is 0 Å². The lowest BCUT2D eigenvalue weighted by molar-refractivity contribution is -0.121. The molecule has 190 valence electrons. The number of nitrogens with one attached hydrogen (secondary N) is 1. The van der Waals surface area contributed by atoms with Gasteiger partial charge in [-0.2, -0.15) is 5.10 Å². The zero-order chi connectivity index (χ0) is 25.8. The molecule has 0 aliphatic heterocycles. The number of benzene rings is 3. The van der Waals surface area contributed by atoms with Crippen LogP contribution in [0.3, 0.4) is 0 Å². The van der Waals surface area contributed by atoms with Crippen LogP contribution in [0.2, 0.25) is 0 Å². The lowest BCUT2D eigenvalue weighted by Crippen LogP contribution is -2.18. The van der Waals surface area contributed by atoms with E-state index in [0.717, 1.165) is 16.9 Å². The first-order valence-electron chi connectivity index (χ1n) is 11.8. The van der Waals surface area contributed by atoms with Crippen LogP contribution in [0.5, 0.6) is 17.2 Å². The van der Waals surface area contributed by atoms with Gasteiger partial charge in [-0.05, 0) is 79.4 Å². The largest absolute Gasteiger partial charge is 0.494 e. The fourth-order valence-corrected chi connectivity index (χ4v) is 3.36. The Morgan fingerprint density at radius 2 is 1.69 bits per heavy atom. The number of ether oxygens (including phenoxy) is 3. The van der Waals surface area contributed by atoms with Gasteiger partial charge < -0.3 is 19.3 Å². The van der Waals surface area contributed by atoms with Crippen molar-refractivity contribution in [2.24, 2.45) is 5.10 Å². The van der Waals surface area contributed by atoms with Crippen molar-refractivity contribution < 1.29 is 28.5 Å². The molecule has 0 aromatic heterocycles. The van der Waals surface area contributed by atoms with Crippen LogP contribution in [-0.4, -0.2) is 30.4 Å². The molecule has 0 aliphatic carbocycles. The molecule has 3 aromatic carbocycles. The summed E-state index contributed by atoms with van der Waals surface area (Å²) in [5.41, 5.74) is 4.74. The Labute approximate surface area is 210 Å². The number of halogens is 1. The normalized spacial score (nSPS) is 11.8. The zero-order valence-electron chi connectivity index (χ0n) is 20.4. The van der Waals surface area contributed by atoms with Crippen LogP contribution >= 0.6 is 0 Å². The van der Waals surface area contributed by atoms with Crippen LogP contribution in [0.1, 0.15) is 49.5 Å². The second-order valence-electron chi connectivity index (χ2n) is 7.90. The molecule has 0 unspecified atom stereocenters. The second kappa shape index (κ2) is 13.8. The van der Waals surface area contributed by atoms with E-state index >= 15 is 0 Å². The summed E-state index contributed by atoms with van der Waals surface area (Å²) in [6.07, 6.45) is 1.13. The molecule has 0 heterocycles. The van der Waals surface area contributed by atoms with Crippen LogP contribution in [0.4, 0.5) is 4.39 Å². The molecule has 36 heavy (non-hydrogen) atoms. The minimum absolute atomic E-state index is 0.117. The number of nitrogens with zero attached hydrogens (tertiary/aromatic N) is 1. The Bertz CT molecular complexity index is 1130. The third-order valence-corrected chi connectivity index (χ3v) is 5.20. The summed E-state index contributed by atoms with van der Waals surface area (Å²) in [6, 6.07) is 18.6. The molecule has 3 aromatic rings. The molecule has 1 amide bonds. The van der Waals surface area contributed by atoms with Crippen LogP contribution in [0, 0.1) is 5.82 Å². The third kappa shape index (κ3) is 8.39. The van der Waals surface area contributed by atoms with Crippen LogP contribution < -0.4 is 19.6 Å². The molecule has 8 heteroatoms. The number of carbonyl (C=O) groups is 1. The van der Waals surface area contributed by atoms with Crippen molar-refractivity contribution >= 4 is 12.1 Å². The van der Waals surface area contributed by atoms with Crippen LogP contribution in [0.25, 0.3) is 0 Å². The van der Waals surface area contributed by atoms with E-state index < -0.39 is 6.10 Å². The zero-order valence-corrected chi connectivity index (χ0v) is 20.4. The summed E-state index contributed by atoms with van der Waals surface area (Å²) >= 11 is 0. The van der Waals surface area contributed by atoms with Crippen molar-refractivity contribution in [2.45, 2.75) is 39.4 Å². The van der Waals surface area contributed by atoms with Crippen molar-refractivity contribution in [3.05, 3.63) is 89.2 Å². The summed E-state index contributed by atoms with van der Waals surface area (Å²) in [5, 5.41) is 14.3. The highest BCUT2D eigenvalue weighted by Gasteiger charge is 2.11. The number of aliphatic hydroxyl groups is 1. The average molecular weight is 495 g/mol. The Morgan fingerprint density at radius 1 is 0.972 bits per heavy atom. The van der Waals surface area contributed by atoms with Gasteiger partial charge in [0.25, 0.3) is 0 Å². The summed E-state index contributed by atoms with van der Waals surface area (Å²) in [7, 11) is 0.